The third-order valence-electron chi connectivity index (χ3n) is 3.27. The van der Waals surface area contributed by atoms with Crippen LogP contribution in [0.3, 0.4) is 0 Å². The van der Waals surface area contributed by atoms with Crippen LogP contribution in [0.25, 0.3) is 0 Å². The van der Waals surface area contributed by atoms with Crippen LogP contribution in [0.2, 0.25) is 5.02 Å². The number of hydrogen-bond acceptors (Lipinski definition) is 3. The molecular weight excluding hydrogens is 293 g/mol. The van der Waals surface area contributed by atoms with Gasteiger partial charge in [0.25, 0.3) is 0 Å². The molecule has 0 aliphatic heterocycles. The van der Waals surface area contributed by atoms with Gasteiger partial charge in [0.05, 0.1) is 19.2 Å². The van der Waals surface area contributed by atoms with Gasteiger partial charge >= 0.3 is 0 Å². The molecule has 2 rings (SSSR count). The van der Waals surface area contributed by atoms with Gasteiger partial charge in [-0.1, -0.05) is 29.8 Å². The number of para-hydroxylation sites is 1. The van der Waals surface area contributed by atoms with Crippen LogP contribution in [-0.2, 0) is 6.42 Å². The Labute approximate surface area is 128 Å². The van der Waals surface area contributed by atoms with E-state index in [1.165, 1.54) is 6.07 Å². The van der Waals surface area contributed by atoms with Crippen LogP contribution in [-0.4, -0.2) is 14.2 Å². The number of halogens is 2. The van der Waals surface area contributed by atoms with Crippen molar-refractivity contribution in [3.63, 3.8) is 0 Å². The highest BCUT2D eigenvalue weighted by Crippen LogP contribution is 2.35. The molecule has 0 spiro atoms. The van der Waals surface area contributed by atoms with Gasteiger partial charge in [-0.25, -0.2) is 4.39 Å². The third-order valence-corrected chi connectivity index (χ3v) is 3.56. The molecule has 3 nitrogen and oxygen atoms in total. The van der Waals surface area contributed by atoms with Crippen molar-refractivity contribution >= 4 is 11.6 Å². The number of hydrogen-bond donors (Lipinski definition) is 1. The first-order valence-electron chi connectivity index (χ1n) is 6.47. The molecule has 0 heterocycles. The van der Waals surface area contributed by atoms with E-state index in [4.69, 9.17) is 26.8 Å². The maximum Gasteiger partial charge on any atom is 0.165 e. The molecule has 2 aromatic rings. The predicted molar refractivity (Wildman–Crippen MR) is 81.6 cm³/mol. The van der Waals surface area contributed by atoms with Gasteiger partial charge < -0.3 is 15.2 Å². The summed E-state index contributed by atoms with van der Waals surface area (Å²) in [6, 6.07) is 9.84. The molecule has 2 aromatic carbocycles. The molecule has 0 aliphatic rings. The Balaban J connectivity index is 2.27. The molecule has 0 amide bonds. The van der Waals surface area contributed by atoms with E-state index >= 15 is 0 Å². The summed E-state index contributed by atoms with van der Waals surface area (Å²) >= 11 is 5.79. The highest BCUT2D eigenvalue weighted by atomic mass is 35.5. The SMILES string of the molecule is COc1cccc(C(N)Cc2ccc(F)c(Cl)c2)c1OC. The molecule has 0 aromatic heterocycles. The average molecular weight is 310 g/mol. The highest BCUT2D eigenvalue weighted by Gasteiger charge is 2.16. The molecule has 0 bridgehead atoms. The van der Waals surface area contributed by atoms with E-state index in [0.717, 1.165) is 11.1 Å². The van der Waals surface area contributed by atoms with Crippen LogP contribution in [0.1, 0.15) is 17.2 Å². The van der Waals surface area contributed by atoms with E-state index in [1.807, 2.05) is 18.2 Å². The minimum Gasteiger partial charge on any atom is -0.493 e. The van der Waals surface area contributed by atoms with Gasteiger partial charge in [-0.15, -0.1) is 0 Å². The molecule has 1 unspecified atom stereocenters. The van der Waals surface area contributed by atoms with E-state index in [-0.39, 0.29) is 11.1 Å². The van der Waals surface area contributed by atoms with Crippen LogP contribution < -0.4 is 15.2 Å². The quantitative estimate of drug-likeness (QED) is 0.915. The molecule has 2 N–H and O–H groups in total. The summed E-state index contributed by atoms with van der Waals surface area (Å²) in [6.07, 6.45) is 0.517. The van der Waals surface area contributed by atoms with Crippen LogP contribution >= 0.6 is 11.6 Å². The lowest BCUT2D eigenvalue weighted by Gasteiger charge is -2.18. The zero-order valence-corrected chi connectivity index (χ0v) is 12.7. The Morgan fingerprint density at radius 1 is 1.19 bits per heavy atom. The number of ether oxygens (including phenoxy) is 2. The number of nitrogens with two attached hydrogens (primary N) is 1. The van der Waals surface area contributed by atoms with Gasteiger partial charge in [-0.05, 0) is 30.2 Å². The second kappa shape index (κ2) is 6.78. The van der Waals surface area contributed by atoms with Crippen molar-refractivity contribution in [2.75, 3.05) is 14.2 Å². The van der Waals surface area contributed by atoms with E-state index in [9.17, 15) is 4.39 Å². The summed E-state index contributed by atoms with van der Waals surface area (Å²) in [5, 5.41) is 0.0947. The van der Waals surface area contributed by atoms with E-state index in [1.54, 1.807) is 26.4 Å². The van der Waals surface area contributed by atoms with Gasteiger partial charge in [0.2, 0.25) is 0 Å². The maximum atomic E-state index is 13.2. The Morgan fingerprint density at radius 3 is 2.57 bits per heavy atom. The lowest BCUT2D eigenvalue weighted by atomic mass is 9.98. The Bertz CT molecular complexity index is 634. The van der Waals surface area contributed by atoms with E-state index in [0.29, 0.717) is 17.9 Å². The molecule has 112 valence electrons. The molecule has 0 aliphatic carbocycles. The van der Waals surface area contributed by atoms with Crippen LogP contribution in [0.4, 0.5) is 4.39 Å². The van der Waals surface area contributed by atoms with Crippen molar-refractivity contribution in [2.24, 2.45) is 5.73 Å². The first-order valence-corrected chi connectivity index (χ1v) is 6.85. The lowest BCUT2D eigenvalue weighted by molar-refractivity contribution is 0.349. The van der Waals surface area contributed by atoms with Gasteiger partial charge in [0.1, 0.15) is 5.82 Å². The minimum atomic E-state index is -0.437. The van der Waals surface area contributed by atoms with Crippen molar-refractivity contribution in [2.45, 2.75) is 12.5 Å². The topological polar surface area (TPSA) is 44.5 Å². The monoisotopic (exact) mass is 309 g/mol. The Hall–Kier alpha value is -1.78. The van der Waals surface area contributed by atoms with E-state index in [2.05, 4.69) is 0 Å². The molecule has 0 radical (unpaired) electrons. The molecular formula is C16H17ClFNO2. The fourth-order valence-corrected chi connectivity index (χ4v) is 2.44. The fourth-order valence-electron chi connectivity index (χ4n) is 2.23. The van der Waals surface area contributed by atoms with Crippen LogP contribution in [0, 0.1) is 5.82 Å². The molecule has 0 saturated carbocycles. The number of methoxy groups -OCH3 is 2. The summed E-state index contributed by atoms with van der Waals surface area (Å²) in [7, 11) is 3.15. The second-order valence-corrected chi connectivity index (χ2v) is 5.05. The highest BCUT2D eigenvalue weighted by molar-refractivity contribution is 6.30. The van der Waals surface area contributed by atoms with E-state index < -0.39 is 5.82 Å². The van der Waals surface area contributed by atoms with Crippen molar-refractivity contribution < 1.29 is 13.9 Å². The molecule has 5 heteroatoms. The van der Waals surface area contributed by atoms with Crippen molar-refractivity contribution in [1.29, 1.82) is 0 Å². The van der Waals surface area contributed by atoms with Crippen LogP contribution in [0.5, 0.6) is 11.5 Å². The molecule has 21 heavy (non-hydrogen) atoms. The molecule has 0 saturated heterocycles. The summed E-state index contributed by atoms with van der Waals surface area (Å²) in [6.45, 7) is 0. The minimum absolute atomic E-state index is 0.0947. The van der Waals surface area contributed by atoms with Gasteiger partial charge in [-0.3, -0.25) is 0 Å². The average Bonchev–Trinajstić information content (AvgIpc) is 2.49. The van der Waals surface area contributed by atoms with Gasteiger partial charge in [0.15, 0.2) is 11.5 Å². The first-order chi connectivity index (χ1) is 10.1. The zero-order chi connectivity index (χ0) is 15.4. The third kappa shape index (κ3) is 3.46. The van der Waals surface area contributed by atoms with Crippen LogP contribution in [0.15, 0.2) is 36.4 Å². The summed E-state index contributed by atoms with van der Waals surface area (Å²) in [4.78, 5) is 0. The second-order valence-electron chi connectivity index (χ2n) is 4.64. The fraction of sp³-hybridized carbons (Fsp3) is 0.250. The standard InChI is InChI=1S/C16H17ClFNO2/c1-20-15-5-3-4-11(16(15)21-2)14(19)9-10-6-7-13(18)12(17)8-10/h3-8,14H,9,19H2,1-2H3. The smallest absolute Gasteiger partial charge is 0.165 e. The number of benzene rings is 2. The zero-order valence-electron chi connectivity index (χ0n) is 11.9. The normalized spacial score (nSPS) is 12.0. The lowest BCUT2D eigenvalue weighted by Crippen LogP contribution is -2.15. The Morgan fingerprint density at radius 2 is 1.95 bits per heavy atom. The van der Waals surface area contributed by atoms with Gasteiger partial charge in [-0.2, -0.15) is 0 Å². The largest absolute Gasteiger partial charge is 0.493 e. The number of rotatable bonds is 5. The van der Waals surface area contributed by atoms with Crippen molar-refractivity contribution in [3.8, 4) is 11.5 Å². The molecule has 0 fully saturated rings. The first kappa shape index (κ1) is 15.6. The maximum absolute atomic E-state index is 13.2. The predicted octanol–water partition coefficient (Wildman–Crippen LogP) is 3.74. The summed E-state index contributed by atoms with van der Waals surface area (Å²) < 4.78 is 23.8. The van der Waals surface area contributed by atoms with Crippen molar-refractivity contribution in [1.82, 2.24) is 0 Å². The van der Waals surface area contributed by atoms with Gasteiger partial charge in [0, 0.05) is 11.6 Å². The summed E-state index contributed by atoms with van der Waals surface area (Å²) in [5.41, 5.74) is 7.93. The van der Waals surface area contributed by atoms with Crippen molar-refractivity contribution in [3.05, 3.63) is 58.4 Å². The summed E-state index contributed by atoms with van der Waals surface area (Å²) in [5.74, 6) is 0.802. The Kier molecular flexibility index (Phi) is 5.04. The molecule has 1 atom stereocenters.